The summed E-state index contributed by atoms with van der Waals surface area (Å²) >= 11 is 3.29. The van der Waals surface area contributed by atoms with E-state index < -0.39 is 10.0 Å². The van der Waals surface area contributed by atoms with E-state index in [9.17, 15) is 13.2 Å². The van der Waals surface area contributed by atoms with Gasteiger partial charge in [-0.3, -0.25) is 4.79 Å². The lowest BCUT2D eigenvalue weighted by atomic mass is 10.1. The zero-order valence-corrected chi connectivity index (χ0v) is 13.9. The minimum Gasteiger partial charge on any atom is -0.349 e. The molecule has 0 radical (unpaired) electrons. The number of hydrogen-bond donors (Lipinski definition) is 1. The van der Waals surface area contributed by atoms with Crippen molar-refractivity contribution in [3.63, 3.8) is 0 Å². The lowest BCUT2D eigenvalue weighted by Crippen LogP contribution is -2.49. The monoisotopic (exact) mass is 372 g/mol. The quantitative estimate of drug-likeness (QED) is 0.820. The van der Waals surface area contributed by atoms with Crippen molar-refractivity contribution in [1.29, 1.82) is 0 Å². The first-order valence-electron chi connectivity index (χ1n) is 6.62. The average molecular weight is 373 g/mol. The van der Waals surface area contributed by atoms with Crippen LogP contribution in [0.4, 0.5) is 0 Å². The number of benzene rings is 1. The maximum absolute atomic E-state index is 12.6. The molecular weight excluding hydrogens is 356 g/mol. The number of nitrogens with one attached hydrogen (secondary N) is 1. The summed E-state index contributed by atoms with van der Waals surface area (Å²) in [7, 11) is -3.52. The fourth-order valence-corrected chi connectivity index (χ4v) is 4.08. The second-order valence-corrected chi connectivity index (χ2v) is 7.72. The highest BCUT2D eigenvalue weighted by Crippen LogP contribution is 2.22. The van der Waals surface area contributed by atoms with E-state index in [1.807, 2.05) is 0 Å². The van der Waals surface area contributed by atoms with E-state index >= 15 is 0 Å². The third-order valence-electron chi connectivity index (χ3n) is 3.37. The molecule has 1 aliphatic rings. The van der Waals surface area contributed by atoms with Gasteiger partial charge in [-0.1, -0.05) is 22.5 Å². The molecule has 21 heavy (non-hydrogen) atoms. The Morgan fingerprint density at radius 2 is 2.05 bits per heavy atom. The van der Waals surface area contributed by atoms with Gasteiger partial charge >= 0.3 is 0 Å². The SMILES string of the molecule is C=CC(=O)NC1CCCN(S(=O)(=O)c2ccc(Br)cc2)C1. The molecule has 2 rings (SSSR count). The molecule has 0 saturated carbocycles. The van der Waals surface area contributed by atoms with Crippen LogP contribution in [-0.4, -0.2) is 37.8 Å². The molecule has 1 aliphatic heterocycles. The first kappa shape index (κ1) is 16.2. The van der Waals surface area contributed by atoms with Gasteiger partial charge in [0.15, 0.2) is 0 Å². The molecule has 0 spiro atoms. The van der Waals surface area contributed by atoms with Crippen LogP contribution in [-0.2, 0) is 14.8 Å². The van der Waals surface area contributed by atoms with E-state index in [0.29, 0.717) is 6.54 Å². The van der Waals surface area contributed by atoms with Gasteiger partial charge in [0.2, 0.25) is 15.9 Å². The Morgan fingerprint density at radius 1 is 1.38 bits per heavy atom. The number of amides is 1. The van der Waals surface area contributed by atoms with Crippen LogP contribution >= 0.6 is 15.9 Å². The van der Waals surface area contributed by atoms with Crippen LogP contribution in [0.15, 0.2) is 46.3 Å². The summed E-state index contributed by atoms with van der Waals surface area (Å²) in [5.41, 5.74) is 0. The van der Waals surface area contributed by atoms with Crippen LogP contribution < -0.4 is 5.32 Å². The van der Waals surface area contributed by atoms with E-state index in [1.54, 1.807) is 24.3 Å². The molecule has 1 saturated heterocycles. The first-order valence-corrected chi connectivity index (χ1v) is 8.85. The largest absolute Gasteiger partial charge is 0.349 e. The maximum Gasteiger partial charge on any atom is 0.243 e. The number of nitrogens with zero attached hydrogens (tertiary/aromatic N) is 1. The highest BCUT2D eigenvalue weighted by Gasteiger charge is 2.30. The summed E-state index contributed by atoms with van der Waals surface area (Å²) in [5.74, 6) is -0.275. The number of halogens is 1. The van der Waals surface area contributed by atoms with Crippen LogP contribution in [0.3, 0.4) is 0 Å². The van der Waals surface area contributed by atoms with Crippen molar-refractivity contribution >= 4 is 31.9 Å². The summed E-state index contributed by atoms with van der Waals surface area (Å²) in [6.45, 7) is 4.16. The highest BCUT2D eigenvalue weighted by atomic mass is 79.9. The summed E-state index contributed by atoms with van der Waals surface area (Å²) in [4.78, 5) is 11.6. The Morgan fingerprint density at radius 3 is 2.67 bits per heavy atom. The third-order valence-corrected chi connectivity index (χ3v) is 5.78. The molecule has 5 nitrogen and oxygen atoms in total. The molecule has 1 aromatic carbocycles. The highest BCUT2D eigenvalue weighted by molar-refractivity contribution is 9.10. The topological polar surface area (TPSA) is 66.5 Å². The number of sulfonamides is 1. The molecule has 1 unspecified atom stereocenters. The van der Waals surface area contributed by atoms with Gasteiger partial charge < -0.3 is 5.32 Å². The van der Waals surface area contributed by atoms with Crippen molar-refractivity contribution in [3.05, 3.63) is 41.4 Å². The summed E-state index contributed by atoms with van der Waals surface area (Å²) < 4.78 is 27.4. The van der Waals surface area contributed by atoms with Crippen molar-refractivity contribution in [3.8, 4) is 0 Å². The van der Waals surface area contributed by atoms with Gasteiger partial charge in [-0.15, -0.1) is 0 Å². The zero-order chi connectivity index (χ0) is 15.5. The Bertz CT molecular complexity index is 628. The third kappa shape index (κ3) is 3.93. The van der Waals surface area contributed by atoms with Crippen molar-refractivity contribution < 1.29 is 13.2 Å². The van der Waals surface area contributed by atoms with Crippen LogP contribution in [0.5, 0.6) is 0 Å². The lowest BCUT2D eigenvalue weighted by molar-refractivity contribution is -0.117. The normalized spacial score (nSPS) is 20.0. The Hall–Kier alpha value is -1.18. The Kier molecular flexibility index (Phi) is 5.18. The zero-order valence-electron chi connectivity index (χ0n) is 11.5. The van der Waals surface area contributed by atoms with Crippen LogP contribution in [0.2, 0.25) is 0 Å². The predicted octanol–water partition coefficient (Wildman–Crippen LogP) is 1.90. The second kappa shape index (κ2) is 6.72. The second-order valence-electron chi connectivity index (χ2n) is 4.87. The molecule has 1 atom stereocenters. The summed E-state index contributed by atoms with van der Waals surface area (Å²) in [5, 5.41) is 2.76. The molecular formula is C14H17BrN2O3S. The number of carbonyl (C=O) groups excluding carboxylic acids is 1. The standard InChI is InChI=1S/C14H17BrN2O3S/c1-2-14(18)16-12-4-3-9-17(10-12)21(19,20)13-7-5-11(15)6-8-13/h2,5-8,12H,1,3-4,9-10H2,(H,16,18). The van der Waals surface area contributed by atoms with Crippen LogP contribution in [0, 0.1) is 0 Å². The average Bonchev–Trinajstić information content (AvgIpc) is 2.48. The first-order chi connectivity index (χ1) is 9.93. The van der Waals surface area contributed by atoms with Crippen molar-refractivity contribution in [1.82, 2.24) is 9.62 Å². The Balaban J connectivity index is 2.14. The molecule has 0 bridgehead atoms. The van der Waals surface area contributed by atoms with E-state index in [4.69, 9.17) is 0 Å². The van der Waals surface area contributed by atoms with E-state index in [2.05, 4.69) is 27.8 Å². The maximum atomic E-state index is 12.6. The van der Waals surface area contributed by atoms with Gasteiger partial charge in [0.05, 0.1) is 4.90 Å². The van der Waals surface area contributed by atoms with Crippen molar-refractivity contribution in [2.45, 2.75) is 23.8 Å². The number of rotatable bonds is 4. The fourth-order valence-electron chi connectivity index (χ4n) is 2.29. The van der Waals surface area contributed by atoms with Gasteiger partial charge in [-0.25, -0.2) is 8.42 Å². The smallest absolute Gasteiger partial charge is 0.243 e. The van der Waals surface area contributed by atoms with E-state index in [1.165, 1.54) is 10.4 Å². The molecule has 7 heteroatoms. The number of piperidine rings is 1. The minimum atomic E-state index is -3.52. The summed E-state index contributed by atoms with van der Waals surface area (Å²) in [6.07, 6.45) is 2.69. The predicted molar refractivity (Wildman–Crippen MR) is 84.3 cm³/mol. The minimum absolute atomic E-state index is 0.172. The molecule has 1 fully saturated rings. The number of carbonyl (C=O) groups is 1. The fraction of sp³-hybridized carbons (Fsp3) is 0.357. The van der Waals surface area contributed by atoms with Crippen molar-refractivity contribution in [2.75, 3.05) is 13.1 Å². The molecule has 1 amide bonds. The van der Waals surface area contributed by atoms with Gasteiger partial charge in [0.1, 0.15) is 0 Å². The van der Waals surface area contributed by atoms with Crippen molar-refractivity contribution in [2.24, 2.45) is 0 Å². The van der Waals surface area contributed by atoms with E-state index in [-0.39, 0.29) is 23.4 Å². The molecule has 114 valence electrons. The number of hydrogen-bond acceptors (Lipinski definition) is 3. The van der Waals surface area contributed by atoms with Gasteiger partial charge in [-0.2, -0.15) is 4.31 Å². The Labute approximate surface area is 133 Å². The molecule has 0 aliphatic carbocycles. The molecule has 1 aromatic rings. The van der Waals surface area contributed by atoms with Crippen LogP contribution in [0.1, 0.15) is 12.8 Å². The molecule has 0 aromatic heterocycles. The molecule has 1 heterocycles. The van der Waals surface area contributed by atoms with Gasteiger partial charge in [0, 0.05) is 23.6 Å². The lowest BCUT2D eigenvalue weighted by Gasteiger charge is -2.32. The van der Waals surface area contributed by atoms with Gasteiger partial charge in [-0.05, 0) is 43.2 Å². The van der Waals surface area contributed by atoms with Crippen LogP contribution in [0.25, 0.3) is 0 Å². The molecule has 1 N–H and O–H groups in total. The summed E-state index contributed by atoms with van der Waals surface area (Å²) in [6, 6.07) is 6.38. The van der Waals surface area contributed by atoms with Gasteiger partial charge in [0.25, 0.3) is 0 Å². The van der Waals surface area contributed by atoms with E-state index in [0.717, 1.165) is 17.3 Å².